The van der Waals surface area contributed by atoms with Gasteiger partial charge in [0.2, 0.25) is 10.0 Å². The number of carbonyl (C=O) groups excluding carboxylic acids is 1. The zero-order valence-corrected chi connectivity index (χ0v) is 13.4. The molecule has 1 aromatic carbocycles. The summed E-state index contributed by atoms with van der Waals surface area (Å²) in [6.07, 6.45) is 3.34. The molecule has 0 radical (unpaired) electrons. The van der Waals surface area contributed by atoms with Crippen molar-refractivity contribution in [3.8, 4) is 0 Å². The normalized spacial score (nSPS) is 18.7. The lowest BCUT2D eigenvalue weighted by molar-refractivity contribution is -0.186. The van der Waals surface area contributed by atoms with Gasteiger partial charge in [-0.05, 0) is 37.5 Å². The van der Waals surface area contributed by atoms with Crippen LogP contribution in [0.3, 0.4) is 0 Å². The number of anilines is 1. The van der Waals surface area contributed by atoms with Crippen molar-refractivity contribution in [3.05, 3.63) is 29.3 Å². The van der Waals surface area contributed by atoms with Crippen molar-refractivity contribution in [2.45, 2.75) is 32.5 Å². The van der Waals surface area contributed by atoms with Gasteiger partial charge >= 0.3 is 0 Å². The van der Waals surface area contributed by atoms with E-state index in [-0.39, 0.29) is 0 Å². The highest BCUT2D eigenvalue weighted by atomic mass is 32.2. The minimum absolute atomic E-state index is 0.299. The SMILES string of the molecule is Cc1ccc(C(=O)NO[C@H]2CCCCO2)cc1NS(C)(=O)=O. The standard InChI is InChI=1S/C14H20N2O5S/c1-10-6-7-11(9-12(10)16-22(2,18)19)14(17)15-21-13-5-3-4-8-20-13/h6-7,9,13,16H,3-5,8H2,1-2H3,(H,15,17)/t13-/m0/s1. The molecule has 1 aromatic rings. The van der Waals surface area contributed by atoms with Crippen LogP contribution in [0.25, 0.3) is 0 Å². The monoisotopic (exact) mass is 328 g/mol. The van der Waals surface area contributed by atoms with Crippen molar-refractivity contribution < 1.29 is 22.8 Å². The van der Waals surface area contributed by atoms with Crippen molar-refractivity contribution in [3.63, 3.8) is 0 Å². The highest BCUT2D eigenvalue weighted by molar-refractivity contribution is 7.92. The van der Waals surface area contributed by atoms with E-state index in [9.17, 15) is 13.2 Å². The van der Waals surface area contributed by atoms with E-state index in [1.165, 1.54) is 6.07 Å². The molecule has 8 heteroatoms. The molecule has 1 aliphatic rings. The van der Waals surface area contributed by atoms with Crippen LogP contribution in [-0.4, -0.2) is 33.5 Å². The fourth-order valence-electron chi connectivity index (χ4n) is 2.06. The fourth-order valence-corrected chi connectivity index (χ4v) is 2.67. The average molecular weight is 328 g/mol. The van der Waals surface area contributed by atoms with E-state index in [4.69, 9.17) is 9.57 Å². The Labute approximate surface area is 130 Å². The Hall–Kier alpha value is -1.64. The Bertz CT molecular complexity index is 639. The molecule has 1 saturated heterocycles. The molecular weight excluding hydrogens is 308 g/mol. The predicted molar refractivity (Wildman–Crippen MR) is 81.8 cm³/mol. The van der Waals surface area contributed by atoms with Gasteiger partial charge in [0.25, 0.3) is 5.91 Å². The van der Waals surface area contributed by atoms with Crippen molar-refractivity contribution >= 4 is 21.6 Å². The van der Waals surface area contributed by atoms with Gasteiger partial charge in [0, 0.05) is 18.6 Å². The Kier molecular flexibility index (Phi) is 5.38. The van der Waals surface area contributed by atoms with E-state index in [1.807, 2.05) is 0 Å². The molecule has 1 fully saturated rings. The number of hydroxylamine groups is 1. The van der Waals surface area contributed by atoms with Crippen molar-refractivity contribution in [2.24, 2.45) is 0 Å². The minimum atomic E-state index is -3.40. The summed E-state index contributed by atoms with van der Waals surface area (Å²) in [5.41, 5.74) is 3.72. The number of hydrogen-bond acceptors (Lipinski definition) is 5. The molecule has 1 aliphatic heterocycles. The third-order valence-electron chi connectivity index (χ3n) is 3.22. The van der Waals surface area contributed by atoms with Crippen LogP contribution >= 0.6 is 0 Å². The van der Waals surface area contributed by atoms with Gasteiger partial charge in [-0.3, -0.25) is 9.52 Å². The molecule has 1 heterocycles. The second-order valence-electron chi connectivity index (χ2n) is 5.25. The second-order valence-corrected chi connectivity index (χ2v) is 7.00. The number of ether oxygens (including phenoxy) is 1. The molecule has 1 atom stereocenters. The fraction of sp³-hybridized carbons (Fsp3) is 0.500. The summed E-state index contributed by atoms with van der Waals surface area (Å²) in [5.74, 6) is -0.453. The van der Waals surface area contributed by atoms with Crippen LogP contribution in [0.4, 0.5) is 5.69 Å². The highest BCUT2D eigenvalue weighted by Crippen LogP contribution is 2.18. The largest absolute Gasteiger partial charge is 0.350 e. The molecule has 0 aromatic heterocycles. The third kappa shape index (κ3) is 4.97. The summed E-state index contributed by atoms with van der Waals surface area (Å²) in [7, 11) is -3.40. The number of nitrogens with one attached hydrogen (secondary N) is 2. The average Bonchev–Trinajstić information content (AvgIpc) is 2.47. The van der Waals surface area contributed by atoms with Crippen LogP contribution in [0, 0.1) is 6.92 Å². The Balaban J connectivity index is 2.01. The lowest BCUT2D eigenvalue weighted by atomic mass is 10.1. The lowest BCUT2D eigenvalue weighted by Gasteiger charge is -2.22. The van der Waals surface area contributed by atoms with Gasteiger partial charge < -0.3 is 4.74 Å². The van der Waals surface area contributed by atoms with Crippen LogP contribution in [0.5, 0.6) is 0 Å². The minimum Gasteiger partial charge on any atom is -0.350 e. The Morgan fingerprint density at radius 3 is 2.77 bits per heavy atom. The Morgan fingerprint density at radius 2 is 2.14 bits per heavy atom. The van der Waals surface area contributed by atoms with Gasteiger partial charge in [0.1, 0.15) is 0 Å². The third-order valence-corrected chi connectivity index (χ3v) is 3.81. The molecule has 2 N–H and O–H groups in total. The zero-order chi connectivity index (χ0) is 16.2. The maximum atomic E-state index is 12.0. The molecule has 0 spiro atoms. The topological polar surface area (TPSA) is 93.7 Å². The molecule has 22 heavy (non-hydrogen) atoms. The van der Waals surface area contributed by atoms with E-state index in [0.29, 0.717) is 17.9 Å². The van der Waals surface area contributed by atoms with E-state index in [0.717, 1.165) is 31.1 Å². The quantitative estimate of drug-likeness (QED) is 0.800. The molecule has 7 nitrogen and oxygen atoms in total. The molecule has 0 bridgehead atoms. The van der Waals surface area contributed by atoms with Crippen molar-refractivity contribution in [1.82, 2.24) is 5.48 Å². The summed E-state index contributed by atoms with van der Waals surface area (Å²) in [4.78, 5) is 17.3. The molecule has 0 aliphatic carbocycles. The van der Waals surface area contributed by atoms with Gasteiger partial charge in [0.05, 0.1) is 11.9 Å². The summed E-state index contributed by atoms with van der Waals surface area (Å²) in [5, 5.41) is 0. The smallest absolute Gasteiger partial charge is 0.275 e. The van der Waals surface area contributed by atoms with Gasteiger partial charge in [-0.1, -0.05) is 6.07 Å². The lowest BCUT2D eigenvalue weighted by Crippen LogP contribution is -2.33. The van der Waals surface area contributed by atoms with E-state index in [1.54, 1.807) is 19.1 Å². The first kappa shape index (κ1) is 16.7. The van der Waals surface area contributed by atoms with Gasteiger partial charge in [0.15, 0.2) is 6.29 Å². The first-order valence-corrected chi connectivity index (χ1v) is 8.90. The van der Waals surface area contributed by atoms with Crippen LogP contribution < -0.4 is 10.2 Å². The molecular formula is C14H20N2O5S. The van der Waals surface area contributed by atoms with E-state index in [2.05, 4.69) is 10.2 Å². The number of sulfonamides is 1. The molecule has 0 unspecified atom stereocenters. The van der Waals surface area contributed by atoms with Crippen molar-refractivity contribution in [2.75, 3.05) is 17.6 Å². The second kappa shape index (κ2) is 7.08. The molecule has 0 saturated carbocycles. The summed E-state index contributed by atoms with van der Waals surface area (Å²) in [6.45, 7) is 2.37. The van der Waals surface area contributed by atoms with Gasteiger partial charge in [-0.25, -0.2) is 18.7 Å². The first-order valence-electron chi connectivity index (χ1n) is 7.01. The first-order chi connectivity index (χ1) is 10.3. The summed E-state index contributed by atoms with van der Waals surface area (Å²) < 4.78 is 30.3. The number of amides is 1. The molecule has 2 rings (SSSR count). The highest BCUT2D eigenvalue weighted by Gasteiger charge is 2.17. The van der Waals surface area contributed by atoms with E-state index < -0.39 is 22.2 Å². The van der Waals surface area contributed by atoms with Crippen LogP contribution in [0.1, 0.15) is 35.2 Å². The van der Waals surface area contributed by atoms with Gasteiger partial charge in [-0.15, -0.1) is 0 Å². The van der Waals surface area contributed by atoms with Crippen LogP contribution in [-0.2, 0) is 19.6 Å². The summed E-state index contributed by atoms with van der Waals surface area (Å²) in [6, 6.07) is 4.74. The maximum absolute atomic E-state index is 12.0. The maximum Gasteiger partial charge on any atom is 0.275 e. The van der Waals surface area contributed by atoms with Gasteiger partial charge in [-0.2, -0.15) is 0 Å². The zero-order valence-electron chi connectivity index (χ0n) is 12.6. The summed E-state index contributed by atoms with van der Waals surface area (Å²) >= 11 is 0. The molecule has 122 valence electrons. The van der Waals surface area contributed by atoms with E-state index >= 15 is 0 Å². The van der Waals surface area contributed by atoms with Crippen LogP contribution in [0.2, 0.25) is 0 Å². The Morgan fingerprint density at radius 1 is 1.36 bits per heavy atom. The van der Waals surface area contributed by atoms with Crippen LogP contribution in [0.15, 0.2) is 18.2 Å². The van der Waals surface area contributed by atoms with Crippen molar-refractivity contribution in [1.29, 1.82) is 0 Å². The number of hydrogen-bond donors (Lipinski definition) is 2. The predicted octanol–water partition coefficient (Wildman–Crippen LogP) is 1.55. The number of carbonyl (C=O) groups is 1. The number of aryl methyl sites for hydroxylation is 1. The molecule has 1 amide bonds. The number of rotatable bonds is 5. The number of benzene rings is 1.